The number of ether oxygens (including phenoxy) is 1. The van der Waals surface area contributed by atoms with Crippen LogP contribution in [0.15, 0.2) is 18.2 Å². The Morgan fingerprint density at radius 2 is 2.25 bits per heavy atom. The van der Waals surface area contributed by atoms with Gasteiger partial charge in [0.2, 0.25) is 0 Å². The van der Waals surface area contributed by atoms with Gasteiger partial charge in [-0.15, -0.1) is 0 Å². The van der Waals surface area contributed by atoms with E-state index < -0.39 is 0 Å². The lowest BCUT2D eigenvalue weighted by Gasteiger charge is -2.18. The second-order valence-electron chi connectivity index (χ2n) is 4.39. The van der Waals surface area contributed by atoms with E-state index >= 15 is 0 Å². The Morgan fingerprint density at radius 3 is 2.88 bits per heavy atom. The molecule has 0 amide bonds. The van der Waals surface area contributed by atoms with Crippen LogP contribution in [0.25, 0.3) is 0 Å². The number of anilines is 2. The maximum atomic E-state index is 5.51. The number of hydrogen-bond donors (Lipinski definition) is 1. The summed E-state index contributed by atoms with van der Waals surface area (Å²) >= 11 is 0. The quantitative estimate of drug-likeness (QED) is 0.843. The number of hydrogen-bond acceptors (Lipinski definition) is 4. The van der Waals surface area contributed by atoms with Crippen LogP contribution in [0.5, 0.6) is 0 Å². The lowest BCUT2D eigenvalue weighted by atomic mass is 10.1. The van der Waals surface area contributed by atoms with Crippen LogP contribution in [0.2, 0.25) is 0 Å². The summed E-state index contributed by atoms with van der Waals surface area (Å²) in [6.07, 6.45) is 1.32. The van der Waals surface area contributed by atoms with Gasteiger partial charge in [0.15, 0.2) is 0 Å². The third-order valence-electron chi connectivity index (χ3n) is 2.90. The molecule has 1 fully saturated rings. The molecular weight excluding hydrogens is 202 g/mol. The Kier molecular flexibility index (Phi) is 3.29. The van der Waals surface area contributed by atoms with Crippen LogP contribution in [0.3, 0.4) is 0 Å². The monoisotopic (exact) mass is 221 g/mol. The third kappa shape index (κ3) is 2.44. The van der Waals surface area contributed by atoms with E-state index in [9.17, 15) is 0 Å². The second kappa shape index (κ2) is 4.70. The van der Waals surface area contributed by atoms with Gasteiger partial charge in [0.1, 0.15) is 11.6 Å². The van der Waals surface area contributed by atoms with Crippen molar-refractivity contribution < 1.29 is 4.74 Å². The lowest BCUT2D eigenvalue weighted by Crippen LogP contribution is -2.27. The third-order valence-corrected chi connectivity index (χ3v) is 2.90. The van der Waals surface area contributed by atoms with Crippen LogP contribution >= 0.6 is 0 Å². The van der Waals surface area contributed by atoms with Crippen molar-refractivity contribution in [2.75, 3.05) is 30.9 Å². The minimum absolute atomic E-state index is 0.268. The van der Waals surface area contributed by atoms with Gasteiger partial charge in [-0.25, -0.2) is 4.98 Å². The summed E-state index contributed by atoms with van der Waals surface area (Å²) in [6.45, 7) is 2.94. The predicted molar refractivity (Wildman–Crippen MR) is 66.0 cm³/mol. The average Bonchev–Trinajstić information content (AvgIpc) is 2.65. The summed E-state index contributed by atoms with van der Waals surface area (Å²) in [5, 5.41) is 3.42. The maximum absolute atomic E-state index is 5.51. The van der Waals surface area contributed by atoms with Crippen LogP contribution in [-0.2, 0) is 4.74 Å². The van der Waals surface area contributed by atoms with Crippen molar-refractivity contribution in [2.24, 2.45) is 0 Å². The molecule has 88 valence electrons. The topological polar surface area (TPSA) is 37.4 Å². The first-order chi connectivity index (χ1) is 7.66. The van der Waals surface area contributed by atoms with Gasteiger partial charge in [0, 0.05) is 20.7 Å². The van der Waals surface area contributed by atoms with E-state index in [4.69, 9.17) is 4.74 Å². The summed E-state index contributed by atoms with van der Waals surface area (Å²) in [5.41, 5.74) is 0. The summed E-state index contributed by atoms with van der Waals surface area (Å²) < 4.78 is 5.51. The Bertz CT molecular complexity index is 354. The van der Waals surface area contributed by atoms with Crippen LogP contribution in [-0.4, -0.2) is 37.8 Å². The normalized spacial score (nSPS) is 24.4. The van der Waals surface area contributed by atoms with Gasteiger partial charge in [0.05, 0.1) is 12.1 Å². The molecule has 1 saturated heterocycles. The van der Waals surface area contributed by atoms with E-state index in [-0.39, 0.29) is 6.10 Å². The highest BCUT2D eigenvalue weighted by Crippen LogP contribution is 2.19. The molecule has 2 rings (SSSR count). The molecular formula is C12H19N3O. The van der Waals surface area contributed by atoms with Crippen molar-refractivity contribution in [1.29, 1.82) is 0 Å². The van der Waals surface area contributed by atoms with Crippen molar-refractivity contribution in [3.05, 3.63) is 18.2 Å². The highest BCUT2D eigenvalue weighted by atomic mass is 16.5. The van der Waals surface area contributed by atoms with Crippen molar-refractivity contribution in [3.8, 4) is 0 Å². The van der Waals surface area contributed by atoms with E-state index in [0.29, 0.717) is 6.04 Å². The van der Waals surface area contributed by atoms with Gasteiger partial charge < -0.3 is 15.0 Å². The van der Waals surface area contributed by atoms with Gasteiger partial charge in [-0.05, 0) is 25.5 Å². The van der Waals surface area contributed by atoms with Crippen LogP contribution in [0.1, 0.15) is 13.3 Å². The highest BCUT2D eigenvalue weighted by Gasteiger charge is 2.24. The van der Waals surface area contributed by atoms with Gasteiger partial charge in [-0.1, -0.05) is 6.07 Å². The molecule has 0 aliphatic carbocycles. The largest absolute Gasteiger partial charge is 0.376 e. The molecule has 1 aromatic heterocycles. The molecule has 0 bridgehead atoms. The molecule has 0 spiro atoms. The van der Waals surface area contributed by atoms with E-state index in [1.54, 1.807) is 0 Å². The zero-order valence-corrected chi connectivity index (χ0v) is 10.1. The van der Waals surface area contributed by atoms with Crippen LogP contribution < -0.4 is 10.2 Å². The van der Waals surface area contributed by atoms with E-state index in [1.165, 1.54) is 0 Å². The smallest absolute Gasteiger partial charge is 0.130 e. The van der Waals surface area contributed by atoms with Crippen LogP contribution in [0, 0.1) is 0 Å². The highest BCUT2D eigenvalue weighted by molar-refractivity contribution is 5.46. The second-order valence-corrected chi connectivity index (χ2v) is 4.39. The molecule has 0 radical (unpaired) electrons. The number of nitrogens with one attached hydrogen (secondary N) is 1. The first-order valence-corrected chi connectivity index (χ1v) is 5.69. The van der Waals surface area contributed by atoms with E-state index in [2.05, 4.69) is 17.2 Å². The summed E-state index contributed by atoms with van der Waals surface area (Å²) in [7, 11) is 3.99. The SMILES string of the molecule is CC1OCCC1Nc1cccc(N(C)C)n1. The number of rotatable bonds is 3. The van der Waals surface area contributed by atoms with Gasteiger partial charge in [0.25, 0.3) is 0 Å². The Hall–Kier alpha value is -1.29. The number of aromatic nitrogens is 1. The lowest BCUT2D eigenvalue weighted by molar-refractivity contribution is 0.121. The van der Waals surface area contributed by atoms with Crippen molar-refractivity contribution in [1.82, 2.24) is 4.98 Å². The maximum Gasteiger partial charge on any atom is 0.130 e. The van der Waals surface area contributed by atoms with E-state index in [1.807, 2.05) is 37.2 Å². The molecule has 2 unspecified atom stereocenters. The minimum Gasteiger partial charge on any atom is -0.376 e. The molecule has 2 atom stereocenters. The van der Waals surface area contributed by atoms with Gasteiger partial charge in [-0.3, -0.25) is 0 Å². The van der Waals surface area contributed by atoms with Crippen molar-refractivity contribution in [2.45, 2.75) is 25.5 Å². The molecule has 1 aromatic rings. The van der Waals surface area contributed by atoms with Gasteiger partial charge >= 0.3 is 0 Å². The molecule has 0 aromatic carbocycles. The molecule has 0 saturated carbocycles. The fourth-order valence-corrected chi connectivity index (χ4v) is 1.86. The molecule has 1 aliphatic heterocycles. The summed E-state index contributed by atoms with van der Waals surface area (Å²) in [6, 6.07) is 6.40. The fraction of sp³-hybridized carbons (Fsp3) is 0.583. The molecule has 4 heteroatoms. The summed E-state index contributed by atoms with van der Waals surface area (Å²) in [4.78, 5) is 6.53. The Labute approximate surface area is 96.6 Å². The summed E-state index contributed by atoms with van der Waals surface area (Å²) in [5.74, 6) is 1.89. The molecule has 2 heterocycles. The average molecular weight is 221 g/mol. The Balaban J connectivity index is 2.06. The molecule has 16 heavy (non-hydrogen) atoms. The Morgan fingerprint density at radius 1 is 1.44 bits per heavy atom. The zero-order chi connectivity index (χ0) is 11.5. The first-order valence-electron chi connectivity index (χ1n) is 5.69. The van der Waals surface area contributed by atoms with E-state index in [0.717, 1.165) is 24.7 Å². The number of pyridine rings is 1. The zero-order valence-electron chi connectivity index (χ0n) is 10.1. The van der Waals surface area contributed by atoms with Gasteiger partial charge in [-0.2, -0.15) is 0 Å². The first kappa shape index (κ1) is 11.2. The van der Waals surface area contributed by atoms with Crippen LogP contribution in [0.4, 0.5) is 11.6 Å². The standard InChI is InChI=1S/C12H19N3O/c1-9-10(7-8-16-9)13-11-5-4-6-12(14-11)15(2)3/h4-6,9-10H,7-8H2,1-3H3,(H,13,14). The fourth-order valence-electron chi connectivity index (χ4n) is 1.86. The van der Waals surface area contributed by atoms with Crippen molar-refractivity contribution in [3.63, 3.8) is 0 Å². The molecule has 4 nitrogen and oxygen atoms in total. The molecule has 1 N–H and O–H groups in total. The predicted octanol–water partition coefficient (Wildman–Crippen LogP) is 1.74. The number of nitrogens with zero attached hydrogens (tertiary/aromatic N) is 2. The van der Waals surface area contributed by atoms with Crippen molar-refractivity contribution >= 4 is 11.6 Å². The minimum atomic E-state index is 0.268. The molecule has 1 aliphatic rings.